The number of aryl methyl sites for hydroxylation is 1. The fourth-order valence-corrected chi connectivity index (χ4v) is 1.30. The summed E-state index contributed by atoms with van der Waals surface area (Å²) in [6.45, 7) is 5.84. The fourth-order valence-electron chi connectivity index (χ4n) is 1.30. The Labute approximate surface area is 78.4 Å². The number of hydrogen-bond acceptors (Lipinski definition) is 3. The van der Waals surface area contributed by atoms with E-state index in [1.165, 1.54) is 0 Å². The Morgan fingerprint density at radius 1 is 1.85 bits per heavy atom. The molecule has 4 heteroatoms. The normalized spacial score (nSPS) is 12.8. The summed E-state index contributed by atoms with van der Waals surface area (Å²) in [5.41, 5.74) is 4.93. The predicted octanol–water partition coefficient (Wildman–Crippen LogP) is 0.891. The summed E-state index contributed by atoms with van der Waals surface area (Å²) in [6, 6.07) is 0.102. The number of rotatable bonds is 4. The van der Waals surface area contributed by atoms with E-state index in [0.717, 1.165) is 17.7 Å². The molecule has 1 unspecified atom stereocenters. The first-order valence-electron chi connectivity index (χ1n) is 4.22. The zero-order valence-corrected chi connectivity index (χ0v) is 8.12. The van der Waals surface area contributed by atoms with Gasteiger partial charge in [0.25, 0.3) is 0 Å². The SMILES string of the molecule is C=C(C)CC(NN)c1cncn1C. The standard InChI is InChI=1S/C9H16N4/c1-7(2)4-8(12-10)9-5-11-6-13(9)3/h5-6,8,12H,1,4,10H2,2-3H3. The van der Waals surface area contributed by atoms with Gasteiger partial charge in [-0.2, -0.15) is 0 Å². The monoisotopic (exact) mass is 180 g/mol. The van der Waals surface area contributed by atoms with Crippen LogP contribution in [0.15, 0.2) is 24.7 Å². The molecule has 0 aliphatic carbocycles. The molecule has 1 aromatic rings. The predicted molar refractivity (Wildman–Crippen MR) is 52.7 cm³/mol. The van der Waals surface area contributed by atoms with Gasteiger partial charge in [-0.15, -0.1) is 6.58 Å². The Bertz CT molecular complexity index is 290. The van der Waals surface area contributed by atoms with Crippen LogP contribution in [0.25, 0.3) is 0 Å². The Hall–Kier alpha value is -1.13. The van der Waals surface area contributed by atoms with Crippen molar-refractivity contribution in [1.29, 1.82) is 0 Å². The Balaban J connectivity index is 2.78. The highest BCUT2D eigenvalue weighted by Gasteiger charge is 2.12. The molecule has 0 aliphatic heterocycles. The first-order valence-corrected chi connectivity index (χ1v) is 4.22. The van der Waals surface area contributed by atoms with Gasteiger partial charge in [-0.25, -0.2) is 4.98 Å². The van der Waals surface area contributed by atoms with Crippen LogP contribution in [0.5, 0.6) is 0 Å². The third-order valence-corrected chi connectivity index (χ3v) is 1.96. The Morgan fingerprint density at radius 2 is 2.54 bits per heavy atom. The van der Waals surface area contributed by atoms with Gasteiger partial charge >= 0.3 is 0 Å². The lowest BCUT2D eigenvalue weighted by atomic mass is 10.1. The van der Waals surface area contributed by atoms with Crippen molar-refractivity contribution in [3.8, 4) is 0 Å². The van der Waals surface area contributed by atoms with E-state index in [1.807, 2.05) is 24.7 Å². The Morgan fingerprint density at radius 3 is 2.92 bits per heavy atom. The zero-order valence-electron chi connectivity index (χ0n) is 8.12. The van der Waals surface area contributed by atoms with Crippen LogP contribution in [0.1, 0.15) is 25.1 Å². The molecule has 1 heterocycles. The highest BCUT2D eigenvalue weighted by molar-refractivity contribution is 5.08. The minimum atomic E-state index is 0.102. The van der Waals surface area contributed by atoms with Gasteiger partial charge in [0.05, 0.1) is 18.1 Å². The van der Waals surface area contributed by atoms with E-state index in [0.29, 0.717) is 0 Å². The summed E-state index contributed by atoms with van der Waals surface area (Å²) >= 11 is 0. The lowest BCUT2D eigenvalue weighted by Crippen LogP contribution is -2.29. The molecule has 0 saturated heterocycles. The molecule has 0 amide bonds. The molecule has 0 radical (unpaired) electrons. The molecule has 0 spiro atoms. The second-order valence-corrected chi connectivity index (χ2v) is 3.31. The maximum Gasteiger partial charge on any atom is 0.0946 e. The van der Waals surface area contributed by atoms with E-state index in [1.54, 1.807) is 6.33 Å². The van der Waals surface area contributed by atoms with Gasteiger partial charge in [-0.3, -0.25) is 11.3 Å². The molecule has 0 aromatic carbocycles. The molecular formula is C9H16N4. The first kappa shape index (κ1) is 9.95. The van der Waals surface area contributed by atoms with Gasteiger partial charge in [0.15, 0.2) is 0 Å². The molecule has 0 fully saturated rings. The topological polar surface area (TPSA) is 55.9 Å². The summed E-state index contributed by atoms with van der Waals surface area (Å²) < 4.78 is 1.95. The Kier molecular flexibility index (Phi) is 3.22. The highest BCUT2D eigenvalue weighted by atomic mass is 15.2. The molecule has 0 bridgehead atoms. The number of nitrogens with one attached hydrogen (secondary N) is 1. The van der Waals surface area contributed by atoms with Gasteiger partial charge < -0.3 is 4.57 Å². The van der Waals surface area contributed by atoms with E-state index in [4.69, 9.17) is 5.84 Å². The summed E-state index contributed by atoms with van der Waals surface area (Å²) in [7, 11) is 1.95. The van der Waals surface area contributed by atoms with E-state index >= 15 is 0 Å². The quantitative estimate of drug-likeness (QED) is 0.411. The molecule has 13 heavy (non-hydrogen) atoms. The van der Waals surface area contributed by atoms with Crippen molar-refractivity contribution in [2.45, 2.75) is 19.4 Å². The molecule has 1 atom stereocenters. The van der Waals surface area contributed by atoms with Crippen LogP contribution < -0.4 is 11.3 Å². The van der Waals surface area contributed by atoms with Crippen LogP contribution in [0.2, 0.25) is 0 Å². The largest absolute Gasteiger partial charge is 0.336 e. The van der Waals surface area contributed by atoms with Gasteiger partial charge in [0.2, 0.25) is 0 Å². The summed E-state index contributed by atoms with van der Waals surface area (Å²) in [6.07, 6.45) is 4.40. The summed E-state index contributed by atoms with van der Waals surface area (Å²) in [5.74, 6) is 5.45. The van der Waals surface area contributed by atoms with E-state index < -0.39 is 0 Å². The summed E-state index contributed by atoms with van der Waals surface area (Å²) in [5, 5.41) is 0. The smallest absolute Gasteiger partial charge is 0.0946 e. The first-order chi connectivity index (χ1) is 6.15. The number of imidazole rings is 1. The molecule has 4 nitrogen and oxygen atoms in total. The number of nitrogens with two attached hydrogens (primary N) is 1. The maximum absolute atomic E-state index is 5.45. The number of hydrogen-bond donors (Lipinski definition) is 2. The fraction of sp³-hybridized carbons (Fsp3) is 0.444. The molecular weight excluding hydrogens is 164 g/mol. The minimum absolute atomic E-state index is 0.102. The summed E-state index contributed by atoms with van der Waals surface area (Å²) in [4.78, 5) is 4.04. The van der Waals surface area contributed by atoms with Gasteiger partial charge in [-0.1, -0.05) is 5.57 Å². The average Bonchev–Trinajstić information content (AvgIpc) is 2.47. The van der Waals surface area contributed by atoms with Crippen molar-refractivity contribution < 1.29 is 0 Å². The minimum Gasteiger partial charge on any atom is -0.336 e. The number of aromatic nitrogens is 2. The van der Waals surface area contributed by atoms with E-state index in [9.17, 15) is 0 Å². The molecule has 72 valence electrons. The third-order valence-electron chi connectivity index (χ3n) is 1.96. The van der Waals surface area contributed by atoms with Crippen LogP contribution in [0.4, 0.5) is 0 Å². The molecule has 0 saturated carbocycles. The van der Waals surface area contributed by atoms with Gasteiger partial charge in [-0.05, 0) is 13.3 Å². The maximum atomic E-state index is 5.45. The molecule has 1 rings (SSSR count). The highest BCUT2D eigenvalue weighted by Crippen LogP contribution is 2.17. The van der Waals surface area contributed by atoms with Crippen LogP contribution in [-0.2, 0) is 7.05 Å². The van der Waals surface area contributed by atoms with Crippen molar-refractivity contribution in [2.75, 3.05) is 0 Å². The van der Waals surface area contributed by atoms with Crippen LogP contribution in [0.3, 0.4) is 0 Å². The average molecular weight is 180 g/mol. The second kappa shape index (κ2) is 4.20. The van der Waals surface area contributed by atoms with Crippen LogP contribution in [-0.4, -0.2) is 9.55 Å². The van der Waals surface area contributed by atoms with Gasteiger partial charge in [0, 0.05) is 13.2 Å². The molecule has 0 aliphatic rings. The van der Waals surface area contributed by atoms with Crippen molar-refractivity contribution in [2.24, 2.45) is 12.9 Å². The van der Waals surface area contributed by atoms with Crippen molar-refractivity contribution in [1.82, 2.24) is 15.0 Å². The van der Waals surface area contributed by atoms with E-state index in [-0.39, 0.29) is 6.04 Å². The van der Waals surface area contributed by atoms with E-state index in [2.05, 4.69) is 17.0 Å². The van der Waals surface area contributed by atoms with Crippen molar-refractivity contribution in [3.05, 3.63) is 30.4 Å². The van der Waals surface area contributed by atoms with Gasteiger partial charge in [0.1, 0.15) is 0 Å². The lowest BCUT2D eigenvalue weighted by molar-refractivity contribution is 0.520. The third kappa shape index (κ3) is 2.40. The molecule has 3 N–H and O–H groups in total. The number of hydrazine groups is 1. The van der Waals surface area contributed by atoms with Crippen LogP contribution in [0, 0.1) is 0 Å². The van der Waals surface area contributed by atoms with Crippen molar-refractivity contribution in [3.63, 3.8) is 0 Å². The second-order valence-electron chi connectivity index (χ2n) is 3.31. The van der Waals surface area contributed by atoms with Crippen LogP contribution >= 0.6 is 0 Å². The molecule has 1 aromatic heterocycles. The lowest BCUT2D eigenvalue weighted by Gasteiger charge is -2.15. The number of nitrogens with zero attached hydrogens (tertiary/aromatic N) is 2. The van der Waals surface area contributed by atoms with Crippen molar-refractivity contribution >= 4 is 0 Å². The zero-order chi connectivity index (χ0) is 9.84.